The van der Waals surface area contributed by atoms with Crippen molar-refractivity contribution in [3.05, 3.63) is 29.2 Å². The second kappa shape index (κ2) is 8.41. The van der Waals surface area contributed by atoms with Crippen molar-refractivity contribution in [1.29, 1.82) is 0 Å². The van der Waals surface area contributed by atoms with Crippen LogP contribution in [-0.4, -0.2) is 38.8 Å². The van der Waals surface area contributed by atoms with E-state index in [-0.39, 0.29) is 24.0 Å². The van der Waals surface area contributed by atoms with Crippen LogP contribution in [0.25, 0.3) is 11.1 Å². The molecule has 9 heteroatoms. The molecule has 29 heavy (non-hydrogen) atoms. The fourth-order valence-corrected chi connectivity index (χ4v) is 4.41. The Morgan fingerprint density at radius 1 is 1.10 bits per heavy atom. The molecule has 8 nitrogen and oxygen atoms in total. The first kappa shape index (κ1) is 19.7. The van der Waals surface area contributed by atoms with Crippen LogP contribution < -0.4 is 16.0 Å². The molecule has 1 aliphatic carbocycles. The van der Waals surface area contributed by atoms with Gasteiger partial charge < -0.3 is 10.6 Å². The average Bonchev–Trinajstić information content (AvgIpc) is 3.28. The third-order valence-electron chi connectivity index (χ3n) is 5.59. The lowest BCUT2D eigenvalue weighted by Crippen LogP contribution is -2.44. The lowest BCUT2D eigenvalue weighted by molar-refractivity contribution is -0.119. The van der Waals surface area contributed by atoms with Crippen LogP contribution in [0.4, 0.5) is 10.6 Å². The van der Waals surface area contributed by atoms with Crippen molar-refractivity contribution < 1.29 is 9.59 Å². The summed E-state index contributed by atoms with van der Waals surface area (Å²) < 4.78 is 2.00. The van der Waals surface area contributed by atoms with E-state index in [0.717, 1.165) is 56.2 Å². The van der Waals surface area contributed by atoms with Gasteiger partial charge in [0.25, 0.3) is 0 Å². The van der Waals surface area contributed by atoms with Gasteiger partial charge in [0, 0.05) is 48.6 Å². The predicted octanol–water partition coefficient (Wildman–Crippen LogP) is 3.11. The van der Waals surface area contributed by atoms with Crippen LogP contribution >= 0.6 is 11.6 Å². The predicted molar refractivity (Wildman–Crippen MR) is 111 cm³/mol. The van der Waals surface area contributed by atoms with Gasteiger partial charge in [0.1, 0.15) is 5.82 Å². The molecule has 3 amide bonds. The molecule has 1 fully saturated rings. The highest BCUT2D eigenvalue weighted by Gasteiger charge is 2.23. The van der Waals surface area contributed by atoms with Crippen LogP contribution in [0.5, 0.6) is 0 Å². The summed E-state index contributed by atoms with van der Waals surface area (Å²) in [6, 6.07) is 1.80. The molecule has 0 atom stereocenters. The molecule has 0 unspecified atom stereocenters. The fraction of sp³-hybridized carbons (Fsp3) is 0.500. The van der Waals surface area contributed by atoms with Crippen molar-refractivity contribution in [3.63, 3.8) is 0 Å². The van der Waals surface area contributed by atoms with E-state index in [9.17, 15) is 9.59 Å². The van der Waals surface area contributed by atoms with Gasteiger partial charge in [0.05, 0.1) is 11.2 Å². The number of fused-ring (bicyclic) bond motifs is 1. The number of carbonyl (C=O) groups excluding carboxylic acids is 2. The number of hydrogen-bond acceptors (Lipinski definition) is 4. The van der Waals surface area contributed by atoms with Crippen molar-refractivity contribution >= 4 is 29.4 Å². The quantitative estimate of drug-likeness (QED) is 0.712. The van der Waals surface area contributed by atoms with Crippen LogP contribution in [0.3, 0.4) is 0 Å². The van der Waals surface area contributed by atoms with Gasteiger partial charge in [0.15, 0.2) is 0 Å². The highest BCUT2D eigenvalue weighted by molar-refractivity contribution is 6.33. The maximum absolute atomic E-state index is 12.4. The number of amides is 3. The van der Waals surface area contributed by atoms with Gasteiger partial charge in [-0.2, -0.15) is 5.10 Å². The second-order valence-corrected chi connectivity index (χ2v) is 8.14. The maximum Gasteiger partial charge on any atom is 0.320 e. The van der Waals surface area contributed by atoms with Gasteiger partial charge in [0.2, 0.25) is 5.91 Å². The summed E-state index contributed by atoms with van der Waals surface area (Å²) in [5.41, 5.74) is 3.00. The summed E-state index contributed by atoms with van der Waals surface area (Å²) in [5, 5.41) is 13.7. The molecule has 0 aromatic carbocycles. The lowest BCUT2D eigenvalue weighted by Gasteiger charge is -2.29. The topological polar surface area (TPSA) is 101 Å². The SMILES string of the molecule is CC(=O)NC1CCC(NC(=O)Nc2cc(-c3cnn4c3CCC4)c(Cl)cn2)CC1. The van der Waals surface area contributed by atoms with Crippen molar-refractivity contribution in [1.82, 2.24) is 25.4 Å². The van der Waals surface area contributed by atoms with Crippen LogP contribution in [0.1, 0.15) is 44.7 Å². The third-order valence-corrected chi connectivity index (χ3v) is 5.89. The molecular formula is C20H25ClN6O2. The number of anilines is 1. The summed E-state index contributed by atoms with van der Waals surface area (Å²) in [6.07, 6.45) is 8.83. The van der Waals surface area contributed by atoms with Gasteiger partial charge >= 0.3 is 6.03 Å². The Balaban J connectivity index is 1.37. The Morgan fingerprint density at radius 3 is 2.55 bits per heavy atom. The van der Waals surface area contributed by atoms with Crippen LogP contribution in [-0.2, 0) is 17.8 Å². The summed E-state index contributed by atoms with van der Waals surface area (Å²) in [4.78, 5) is 27.8. The highest BCUT2D eigenvalue weighted by Crippen LogP contribution is 2.34. The Labute approximate surface area is 174 Å². The zero-order valence-corrected chi connectivity index (χ0v) is 17.1. The minimum absolute atomic E-state index is 0.00663. The number of nitrogens with zero attached hydrogens (tertiary/aromatic N) is 3. The molecule has 154 valence electrons. The minimum Gasteiger partial charge on any atom is -0.354 e. The molecule has 2 aromatic rings. The lowest BCUT2D eigenvalue weighted by atomic mass is 9.91. The van der Waals surface area contributed by atoms with Gasteiger partial charge in [-0.1, -0.05) is 11.6 Å². The molecule has 3 heterocycles. The van der Waals surface area contributed by atoms with Gasteiger partial charge in [-0.05, 0) is 44.6 Å². The number of carbonyl (C=O) groups is 2. The van der Waals surface area contributed by atoms with Crippen LogP contribution in [0.2, 0.25) is 5.02 Å². The van der Waals surface area contributed by atoms with Crippen molar-refractivity contribution in [3.8, 4) is 11.1 Å². The van der Waals surface area contributed by atoms with E-state index >= 15 is 0 Å². The van der Waals surface area contributed by atoms with Gasteiger partial charge in [-0.3, -0.25) is 14.8 Å². The highest BCUT2D eigenvalue weighted by atomic mass is 35.5. The van der Waals surface area contributed by atoms with Gasteiger partial charge in [-0.25, -0.2) is 9.78 Å². The smallest absolute Gasteiger partial charge is 0.320 e. The fourth-order valence-electron chi connectivity index (χ4n) is 4.21. The first-order valence-electron chi connectivity index (χ1n) is 10.0. The third kappa shape index (κ3) is 4.53. The first-order chi connectivity index (χ1) is 14.0. The Morgan fingerprint density at radius 2 is 1.83 bits per heavy atom. The van der Waals surface area contributed by atoms with E-state index in [1.54, 1.807) is 12.3 Å². The van der Waals surface area contributed by atoms with Crippen molar-refractivity contribution in [2.45, 2.75) is 64.1 Å². The number of rotatable bonds is 4. The molecular weight excluding hydrogens is 392 g/mol. The summed E-state index contributed by atoms with van der Waals surface area (Å²) in [7, 11) is 0. The Kier molecular flexibility index (Phi) is 5.71. The largest absolute Gasteiger partial charge is 0.354 e. The second-order valence-electron chi connectivity index (χ2n) is 7.73. The number of aromatic nitrogens is 3. The Hall–Kier alpha value is -2.61. The molecule has 1 aliphatic heterocycles. The van der Waals surface area contributed by atoms with Crippen molar-refractivity contribution in [2.75, 3.05) is 5.32 Å². The molecule has 2 aliphatic rings. The zero-order chi connectivity index (χ0) is 20.4. The zero-order valence-electron chi connectivity index (χ0n) is 16.4. The molecule has 0 bridgehead atoms. The monoisotopic (exact) mass is 416 g/mol. The van der Waals surface area contributed by atoms with E-state index in [0.29, 0.717) is 10.8 Å². The van der Waals surface area contributed by atoms with Crippen LogP contribution in [0.15, 0.2) is 18.5 Å². The maximum atomic E-state index is 12.4. The van der Waals surface area contributed by atoms with Gasteiger partial charge in [-0.15, -0.1) is 0 Å². The molecule has 2 aromatic heterocycles. The summed E-state index contributed by atoms with van der Waals surface area (Å²) >= 11 is 6.37. The van der Waals surface area contributed by atoms with Crippen LogP contribution in [0, 0.1) is 0 Å². The molecule has 0 spiro atoms. The first-order valence-corrected chi connectivity index (χ1v) is 10.4. The number of nitrogens with one attached hydrogen (secondary N) is 3. The molecule has 3 N–H and O–H groups in total. The van der Waals surface area contributed by atoms with E-state index in [1.165, 1.54) is 12.6 Å². The Bertz CT molecular complexity index is 920. The molecule has 0 radical (unpaired) electrons. The average molecular weight is 417 g/mol. The number of pyridine rings is 1. The normalized spacial score (nSPS) is 20.8. The number of hydrogen-bond donors (Lipinski definition) is 3. The summed E-state index contributed by atoms with van der Waals surface area (Å²) in [5.74, 6) is 0.444. The van der Waals surface area contributed by atoms with E-state index in [2.05, 4.69) is 26.0 Å². The minimum atomic E-state index is -0.283. The van der Waals surface area contributed by atoms with E-state index in [4.69, 9.17) is 11.6 Å². The number of halogens is 1. The molecule has 0 saturated heterocycles. The number of aryl methyl sites for hydroxylation is 1. The molecule has 1 saturated carbocycles. The standard InChI is InChI=1S/C20H25ClN6O2/c1-12(28)24-13-4-6-14(7-5-13)25-20(29)26-19-9-15(17(21)11-22-19)16-10-23-27-8-2-3-18(16)27/h9-11,13-14H,2-8H2,1H3,(H,24,28)(H2,22,25,26,29). The number of urea groups is 1. The van der Waals surface area contributed by atoms with E-state index < -0.39 is 0 Å². The van der Waals surface area contributed by atoms with Crippen molar-refractivity contribution in [2.24, 2.45) is 0 Å². The van der Waals surface area contributed by atoms with E-state index in [1.807, 2.05) is 10.9 Å². The molecule has 4 rings (SSSR count). The summed E-state index contributed by atoms with van der Waals surface area (Å²) in [6.45, 7) is 2.46.